The summed E-state index contributed by atoms with van der Waals surface area (Å²) in [7, 11) is 0. The van der Waals surface area contributed by atoms with Gasteiger partial charge in [-0.15, -0.1) is 12.4 Å². The van der Waals surface area contributed by atoms with Crippen LogP contribution in [0, 0.1) is 0 Å². The maximum atomic E-state index is 10.1. The molecule has 2 nitrogen and oxygen atoms in total. The molecule has 0 aliphatic carbocycles. The lowest BCUT2D eigenvalue weighted by Gasteiger charge is -1.96. The standard InChI is InChI=1S/C6H12ClNO.ClH/c1-2-3-4-8-5-6(7)9;/h8H,2-5H2,1H3;1H. The van der Waals surface area contributed by atoms with Gasteiger partial charge in [-0.2, -0.15) is 0 Å². The molecule has 1 N–H and O–H groups in total. The summed E-state index contributed by atoms with van der Waals surface area (Å²) in [6.07, 6.45) is 2.24. The van der Waals surface area contributed by atoms with Crippen LogP contribution in [0.15, 0.2) is 0 Å². The van der Waals surface area contributed by atoms with Crippen LogP contribution < -0.4 is 5.32 Å². The van der Waals surface area contributed by atoms with Gasteiger partial charge in [0.25, 0.3) is 0 Å². The Hall–Kier alpha value is 0.210. The van der Waals surface area contributed by atoms with Crippen LogP contribution in [0.5, 0.6) is 0 Å². The van der Waals surface area contributed by atoms with E-state index >= 15 is 0 Å². The lowest BCUT2D eigenvalue weighted by Crippen LogP contribution is -2.20. The Morgan fingerprint density at radius 3 is 2.60 bits per heavy atom. The first-order chi connectivity index (χ1) is 4.27. The Morgan fingerprint density at radius 1 is 1.60 bits per heavy atom. The monoisotopic (exact) mass is 185 g/mol. The maximum Gasteiger partial charge on any atom is 0.235 e. The molecule has 10 heavy (non-hydrogen) atoms. The number of unbranched alkanes of at least 4 members (excludes halogenated alkanes) is 1. The fraction of sp³-hybridized carbons (Fsp3) is 0.833. The molecule has 0 saturated carbocycles. The first kappa shape index (κ1) is 12.8. The molecule has 0 aliphatic rings. The van der Waals surface area contributed by atoms with E-state index in [1.54, 1.807) is 0 Å². The quantitative estimate of drug-likeness (QED) is 0.521. The highest BCUT2D eigenvalue weighted by molar-refractivity contribution is 6.64. The Labute approximate surface area is 72.7 Å². The number of rotatable bonds is 5. The van der Waals surface area contributed by atoms with Gasteiger partial charge in [-0.3, -0.25) is 4.79 Å². The van der Waals surface area contributed by atoms with E-state index in [9.17, 15) is 4.79 Å². The highest BCUT2D eigenvalue weighted by Crippen LogP contribution is 1.82. The Morgan fingerprint density at radius 2 is 2.20 bits per heavy atom. The van der Waals surface area contributed by atoms with Crippen molar-refractivity contribution in [1.29, 1.82) is 0 Å². The van der Waals surface area contributed by atoms with Gasteiger partial charge in [-0.1, -0.05) is 13.3 Å². The normalized spacial score (nSPS) is 8.60. The predicted octanol–water partition coefficient (Wildman–Crippen LogP) is 1.56. The van der Waals surface area contributed by atoms with E-state index in [1.807, 2.05) is 0 Å². The SMILES string of the molecule is CCCCNCC(=O)Cl.Cl. The molecule has 0 aromatic carbocycles. The van der Waals surface area contributed by atoms with Gasteiger partial charge >= 0.3 is 0 Å². The first-order valence-corrected chi connectivity index (χ1v) is 3.54. The highest BCUT2D eigenvalue weighted by Gasteiger charge is 1.91. The molecular weight excluding hydrogens is 173 g/mol. The minimum absolute atomic E-state index is 0. The summed E-state index contributed by atoms with van der Waals surface area (Å²) < 4.78 is 0. The molecule has 0 unspecified atom stereocenters. The number of halogens is 2. The third-order valence-electron chi connectivity index (χ3n) is 0.971. The molecule has 0 amide bonds. The van der Waals surface area contributed by atoms with E-state index < -0.39 is 0 Å². The molecule has 0 bridgehead atoms. The Balaban J connectivity index is 0. The van der Waals surface area contributed by atoms with E-state index in [0.717, 1.165) is 19.4 Å². The minimum atomic E-state index is -0.314. The molecule has 0 atom stereocenters. The number of carbonyl (C=O) groups excluding carboxylic acids is 1. The second-order valence-electron chi connectivity index (χ2n) is 1.89. The van der Waals surface area contributed by atoms with Crippen LogP contribution in [0.4, 0.5) is 0 Å². The number of nitrogens with one attached hydrogen (secondary N) is 1. The van der Waals surface area contributed by atoms with Crippen molar-refractivity contribution >= 4 is 29.3 Å². The second-order valence-corrected chi connectivity index (χ2v) is 2.31. The van der Waals surface area contributed by atoms with E-state index in [4.69, 9.17) is 11.6 Å². The number of hydrogen-bond donors (Lipinski definition) is 1. The van der Waals surface area contributed by atoms with Crippen molar-refractivity contribution in [2.24, 2.45) is 0 Å². The van der Waals surface area contributed by atoms with Crippen LogP contribution in [0.1, 0.15) is 19.8 Å². The van der Waals surface area contributed by atoms with E-state index in [0.29, 0.717) is 6.54 Å². The summed E-state index contributed by atoms with van der Waals surface area (Å²) in [6.45, 7) is 3.28. The maximum absolute atomic E-state index is 10.1. The van der Waals surface area contributed by atoms with Gasteiger partial charge in [0.15, 0.2) is 0 Å². The molecule has 4 heteroatoms. The lowest BCUT2D eigenvalue weighted by molar-refractivity contribution is -0.110. The average Bonchev–Trinajstić information content (AvgIpc) is 1.80. The molecule has 0 heterocycles. The summed E-state index contributed by atoms with van der Waals surface area (Å²) in [4.78, 5) is 10.1. The van der Waals surface area contributed by atoms with Gasteiger partial charge in [0.1, 0.15) is 0 Å². The van der Waals surface area contributed by atoms with Crippen molar-refractivity contribution in [3.63, 3.8) is 0 Å². The minimum Gasteiger partial charge on any atom is -0.309 e. The van der Waals surface area contributed by atoms with Gasteiger partial charge in [0.05, 0.1) is 6.54 Å². The van der Waals surface area contributed by atoms with Crippen molar-refractivity contribution < 1.29 is 4.79 Å². The van der Waals surface area contributed by atoms with Gasteiger partial charge in [0, 0.05) is 0 Å². The number of hydrogen-bond acceptors (Lipinski definition) is 2. The molecule has 0 fully saturated rings. The van der Waals surface area contributed by atoms with Crippen LogP contribution >= 0.6 is 24.0 Å². The third-order valence-corrected chi connectivity index (χ3v) is 1.10. The summed E-state index contributed by atoms with van der Waals surface area (Å²) >= 11 is 5.06. The van der Waals surface area contributed by atoms with E-state index in [2.05, 4.69) is 12.2 Å². The molecule has 0 aromatic heterocycles. The van der Waals surface area contributed by atoms with Crippen molar-refractivity contribution in [2.45, 2.75) is 19.8 Å². The lowest BCUT2D eigenvalue weighted by atomic mass is 10.3. The zero-order valence-corrected chi connectivity index (χ0v) is 7.60. The van der Waals surface area contributed by atoms with E-state index in [-0.39, 0.29) is 17.6 Å². The largest absolute Gasteiger partial charge is 0.309 e. The third kappa shape index (κ3) is 11.1. The molecule has 62 valence electrons. The first-order valence-electron chi connectivity index (χ1n) is 3.16. The van der Waals surface area contributed by atoms with Crippen molar-refractivity contribution in [3.8, 4) is 0 Å². The molecular formula is C6H13Cl2NO. The Kier molecular flexibility index (Phi) is 11.8. The van der Waals surface area contributed by atoms with Gasteiger partial charge in [0.2, 0.25) is 5.24 Å². The van der Waals surface area contributed by atoms with Gasteiger partial charge < -0.3 is 5.32 Å². The fourth-order valence-electron chi connectivity index (χ4n) is 0.488. The van der Waals surface area contributed by atoms with Crippen molar-refractivity contribution in [2.75, 3.05) is 13.1 Å². The van der Waals surface area contributed by atoms with Gasteiger partial charge in [-0.25, -0.2) is 0 Å². The summed E-state index contributed by atoms with van der Waals surface area (Å²) in [6, 6.07) is 0. The summed E-state index contributed by atoms with van der Waals surface area (Å²) in [5, 5.41) is 2.59. The van der Waals surface area contributed by atoms with Crippen LogP contribution in [0.3, 0.4) is 0 Å². The summed E-state index contributed by atoms with van der Waals surface area (Å²) in [5.41, 5.74) is 0. The zero-order valence-electron chi connectivity index (χ0n) is 6.02. The Bertz CT molecular complexity index is 87.8. The van der Waals surface area contributed by atoms with Crippen LogP contribution in [-0.4, -0.2) is 18.3 Å². The van der Waals surface area contributed by atoms with Crippen molar-refractivity contribution in [3.05, 3.63) is 0 Å². The molecule has 0 spiro atoms. The zero-order chi connectivity index (χ0) is 7.11. The number of carbonyl (C=O) groups is 1. The van der Waals surface area contributed by atoms with Crippen molar-refractivity contribution in [1.82, 2.24) is 5.32 Å². The van der Waals surface area contributed by atoms with Crippen LogP contribution in [-0.2, 0) is 4.79 Å². The summed E-state index contributed by atoms with van der Waals surface area (Å²) in [5.74, 6) is 0. The van der Waals surface area contributed by atoms with E-state index in [1.165, 1.54) is 0 Å². The average molecular weight is 186 g/mol. The molecule has 0 aromatic rings. The van der Waals surface area contributed by atoms with Crippen LogP contribution in [0.2, 0.25) is 0 Å². The topological polar surface area (TPSA) is 29.1 Å². The van der Waals surface area contributed by atoms with Gasteiger partial charge in [-0.05, 0) is 24.6 Å². The second kappa shape index (κ2) is 9.21. The smallest absolute Gasteiger partial charge is 0.235 e. The molecule has 0 radical (unpaired) electrons. The molecule has 0 rings (SSSR count). The molecule has 0 saturated heterocycles. The van der Waals surface area contributed by atoms with Crippen LogP contribution in [0.25, 0.3) is 0 Å². The molecule has 0 aliphatic heterocycles. The highest BCUT2D eigenvalue weighted by atomic mass is 35.5. The predicted molar refractivity (Wildman–Crippen MR) is 45.9 cm³/mol. The fourth-order valence-corrected chi connectivity index (χ4v) is 0.583.